The standard InChI is InChI=1S/C11H16N2O3S/c1-4-6-13(2)11(15)12-8-5-7-17-9(8)10(14)16-3/h5,7H,4,6H2,1-3H3,(H,12,15). The average Bonchev–Trinajstić information content (AvgIpc) is 2.76. The second-order valence-corrected chi connectivity index (χ2v) is 4.42. The first-order chi connectivity index (χ1) is 8.10. The Hall–Kier alpha value is -1.56. The van der Waals surface area contributed by atoms with E-state index in [-0.39, 0.29) is 6.03 Å². The van der Waals surface area contributed by atoms with E-state index in [1.165, 1.54) is 18.4 Å². The maximum Gasteiger partial charge on any atom is 0.350 e. The SMILES string of the molecule is CCCN(C)C(=O)Nc1ccsc1C(=O)OC. The van der Waals surface area contributed by atoms with Crippen LogP contribution < -0.4 is 5.32 Å². The van der Waals surface area contributed by atoms with Crippen molar-refractivity contribution in [2.75, 3.05) is 26.0 Å². The molecule has 0 aliphatic rings. The second-order valence-electron chi connectivity index (χ2n) is 3.51. The van der Waals surface area contributed by atoms with Crippen LogP contribution in [0.25, 0.3) is 0 Å². The molecule has 0 radical (unpaired) electrons. The third-order valence-corrected chi connectivity index (χ3v) is 3.08. The highest BCUT2D eigenvalue weighted by molar-refractivity contribution is 7.12. The predicted molar refractivity (Wildman–Crippen MR) is 67.6 cm³/mol. The minimum absolute atomic E-state index is 0.226. The van der Waals surface area contributed by atoms with Crippen LogP contribution in [0.5, 0.6) is 0 Å². The van der Waals surface area contributed by atoms with Gasteiger partial charge in [-0.3, -0.25) is 0 Å². The first-order valence-corrected chi connectivity index (χ1v) is 6.16. The van der Waals surface area contributed by atoms with E-state index in [0.717, 1.165) is 6.42 Å². The molecule has 6 heteroatoms. The number of amides is 2. The Balaban J connectivity index is 2.72. The van der Waals surface area contributed by atoms with Gasteiger partial charge < -0.3 is 15.0 Å². The summed E-state index contributed by atoms with van der Waals surface area (Å²) in [6.07, 6.45) is 0.886. The smallest absolute Gasteiger partial charge is 0.350 e. The summed E-state index contributed by atoms with van der Waals surface area (Å²) in [7, 11) is 3.03. The molecule has 1 aromatic heterocycles. The van der Waals surface area contributed by atoms with Gasteiger partial charge in [-0.15, -0.1) is 11.3 Å². The van der Waals surface area contributed by atoms with Gasteiger partial charge in [-0.05, 0) is 17.9 Å². The molecule has 17 heavy (non-hydrogen) atoms. The minimum atomic E-state index is -0.437. The Kier molecular flexibility index (Phi) is 4.96. The summed E-state index contributed by atoms with van der Waals surface area (Å²) in [4.78, 5) is 25.1. The van der Waals surface area contributed by atoms with Crippen molar-refractivity contribution in [3.05, 3.63) is 16.3 Å². The van der Waals surface area contributed by atoms with E-state index in [2.05, 4.69) is 10.1 Å². The fourth-order valence-electron chi connectivity index (χ4n) is 1.31. The summed E-state index contributed by atoms with van der Waals surface area (Å²) < 4.78 is 4.63. The lowest BCUT2D eigenvalue weighted by Gasteiger charge is -2.16. The van der Waals surface area contributed by atoms with Crippen molar-refractivity contribution in [1.82, 2.24) is 4.90 Å². The molecule has 1 heterocycles. The molecule has 0 unspecified atom stereocenters. The molecule has 0 spiro atoms. The number of nitrogens with one attached hydrogen (secondary N) is 1. The van der Waals surface area contributed by atoms with Gasteiger partial charge >= 0.3 is 12.0 Å². The molecule has 94 valence electrons. The van der Waals surface area contributed by atoms with E-state index in [9.17, 15) is 9.59 Å². The molecule has 0 saturated carbocycles. The maximum atomic E-state index is 11.7. The van der Waals surface area contributed by atoms with Crippen LogP contribution in [0.2, 0.25) is 0 Å². The van der Waals surface area contributed by atoms with E-state index in [1.54, 1.807) is 23.4 Å². The lowest BCUT2D eigenvalue weighted by atomic mass is 10.4. The summed E-state index contributed by atoms with van der Waals surface area (Å²) in [6.45, 7) is 2.66. The van der Waals surface area contributed by atoms with Crippen LogP contribution >= 0.6 is 11.3 Å². The number of methoxy groups -OCH3 is 1. The quantitative estimate of drug-likeness (QED) is 0.842. The van der Waals surface area contributed by atoms with E-state index in [0.29, 0.717) is 17.1 Å². The molecule has 0 bridgehead atoms. The Morgan fingerprint density at radius 1 is 1.53 bits per heavy atom. The average molecular weight is 256 g/mol. The number of hydrogen-bond donors (Lipinski definition) is 1. The molecule has 0 atom stereocenters. The van der Waals surface area contributed by atoms with Crippen LogP contribution in [0.4, 0.5) is 10.5 Å². The van der Waals surface area contributed by atoms with Gasteiger partial charge in [-0.25, -0.2) is 9.59 Å². The molecule has 5 nitrogen and oxygen atoms in total. The van der Waals surface area contributed by atoms with Crippen LogP contribution in [-0.2, 0) is 4.74 Å². The Morgan fingerprint density at radius 3 is 2.82 bits per heavy atom. The summed E-state index contributed by atoms with van der Waals surface area (Å²) in [6, 6.07) is 1.46. The zero-order chi connectivity index (χ0) is 12.8. The number of thiophene rings is 1. The number of nitrogens with zero attached hydrogens (tertiary/aromatic N) is 1. The molecular formula is C11H16N2O3S. The van der Waals surface area contributed by atoms with Crippen LogP contribution in [-0.4, -0.2) is 37.6 Å². The third-order valence-electron chi connectivity index (χ3n) is 2.18. The molecule has 0 aromatic carbocycles. The molecule has 0 aliphatic heterocycles. The van der Waals surface area contributed by atoms with Crippen molar-refractivity contribution in [2.45, 2.75) is 13.3 Å². The van der Waals surface area contributed by atoms with Gasteiger partial charge in [-0.1, -0.05) is 6.92 Å². The zero-order valence-corrected chi connectivity index (χ0v) is 11.0. The summed E-state index contributed by atoms with van der Waals surface area (Å²) >= 11 is 1.24. The summed E-state index contributed by atoms with van der Waals surface area (Å²) in [5.41, 5.74) is 0.495. The number of urea groups is 1. The largest absolute Gasteiger partial charge is 0.465 e. The number of rotatable bonds is 4. The van der Waals surface area contributed by atoms with Crippen LogP contribution in [0.1, 0.15) is 23.0 Å². The lowest BCUT2D eigenvalue weighted by molar-refractivity contribution is 0.0607. The fourth-order valence-corrected chi connectivity index (χ4v) is 2.07. The monoisotopic (exact) mass is 256 g/mol. The van der Waals surface area contributed by atoms with Gasteiger partial charge in [0.05, 0.1) is 12.8 Å². The zero-order valence-electron chi connectivity index (χ0n) is 10.1. The maximum absolute atomic E-state index is 11.7. The normalized spacial score (nSPS) is 9.82. The number of ether oxygens (including phenoxy) is 1. The molecule has 0 fully saturated rings. The summed E-state index contributed by atoms with van der Waals surface area (Å²) in [5, 5.41) is 4.42. The Labute approximate surface area is 104 Å². The highest BCUT2D eigenvalue weighted by Crippen LogP contribution is 2.23. The Morgan fingerprint density at radius 2 is 2.24 bits per heavy atom. The molecule has 1 aromatic rings. The number of anilines is 1. The highest BCUT2D eigenvalue weighted by Gasteiger charge is 2.16. The highest BCUT2D eigenvalue weighted by atomic mass is 32.1. The van der Waals surface area contributed by atoms with Crippen molar-refractivity contribution in [2.24, 2.45) is 0 Å². The fraction of sp³-hybridized carbons (Fsp3) is 0.455. The molecule has 2 amide bonds. The predicted octanol–water partition coefficient (Wildman–Crippen LogP) is 2.41. The van der Waals surface area contributed by atoms with Crippen molar-refractivity contribution < 1.29 is 14.3 Å². The van der Waals surface area contributed by atoms with Gasteiger partial charge in [0, 0.05) is 13.6 Å². The Bertz CT molecular complexity index is 403. The van der Waals surface area contributed by atoms with Gasteiger partial charge in [0.2, 0.25) is 0 Å². The van der Waals surface area contributed by atoms with Crippen LogP contribution in [0.15, 0.2) is 11.4 Å². The van der Waals surface area contributed by atoms with Gasteiger partial charge in [0.15, 0.2) is 0 Å². The van der Waals surface area contributed by atoms with Crippen LogP contribution in [0, 0.1) is 0 Å². The molecule has 1 rings (SSSR count). The molecule has 1 N–H and O–H groups in total. The van der Waals surface area contributed by atoms with E-state index >= 15 is 0 Å². The van der Waals surface area contributed by atoms with Gasteiger partial charge in [0.1, 0.15) is 4.88 Å². The first-order valence-electron chi connectivity index (χ1n) is 5.28. The van der Waals surface area contributed by atoms with E-state index in [1.807, 2.05) is 6.92 Å². The van der Waals surface area contributed by atoms with Gasteiger partial charge in [0.25, 0.3) is 0 Å². The van der Waals surface area contributed by atoms with E-state index in [4.69, 9.17) is 0 Å². The van der Waals surface area contributed by atoms with Crippen molar-refractivity contribution >= 4 is 29.0 Å². The topological polar surface area (TPSA) is 58.6 Å². The number of carbonyl (C=O) groups is 2. The van der Waals surface area contributed by atoms with Crippen molar-refractivity contribution in [1.29, 1.82) is 0 Å². The minimum Gasteiger partial charge on any atom is -0.465 e. The molecular weight excluding hydrogens is 240 g/mol. The van der Waals surface area contributed by atoms with Gasteiger partial charge in [-0.2, -0.15) is 0 Å². The lowest BCUT2D eigenvalue weighted by Crippen LogP contribution is -2.32. The third kappa shape index (κ3) is 3.45. The van der Waals surface area contributed by atoms with Crippen molar-refractivity contribution in [3.8, 4) is 0 Å². The first kappa shape index (κ1) is 13.5. The summed E-state index contributed by atoms with van der Waals surface area (Å²) in [5.74, 6) is -0.437. The van der Waals surface area contributed by atoms with Crippen molar-refractivity contribution in [3.63, 3.8) is 0 Å². The second kappa shape index (κ2) is 6.24. The number of hydrogen-bond acceptors (Lipinski definition) is 4. The van der Waals surface area contributed by atoms with Crippen LogP contribution in [0.3, 0.4) is 0 Å². The van der Waals surface area contributed by atoms with E-state index < -0.39 is 5.97 Å². The number of esters is 1. The number of carbonyl (C=O) groups excluding carboxylic acids is 2. The molecule has 0 saturated heterocycles. The molecule has 0 aliphatic carbocycles.